The molecule has 3 heteroatoms. The van der Waals surface area contributed by atoms with Gasteiger partial charge in [0.1, 0.15) is 11.6 Å². The summed E-state index contributed by atoms with van der Waals surface area (Å²) >= 11 is 4.56. The second-order valence-corrected chi connectivity index (χ2v) is 8.95. The maximum atomic E-state index is 12.4. The summed E-state index contributed by atoms with van der Waals surface area (Å²) in [7, 11) is 0. The van der Waals surface area contributed by atoms with Crippen LogP contribution in [0.25, 0.3) is 0 Å². The third kappa shape index (κ3) is 5.80. The molecule has 2 nitrogen and oxygen atoms in total. The Bertz CT molecular complexity index is 566. The molecule has 0 atom stereocenters. The van der Waals surface area contributed by atoms with Crippen molar-refractivity contribution in [3.63, 3.8) is 0 Å². The monoisotopic (exact) mass is 334 g/mol. The third-order valence-electron chi connectivity index (χ3n) is 3.98. The van der Waals surface area contributed by atoms with Crippen molar-refractivity contribution < 1.29 is 9.59 Å². The zero-order valence-electron chi connectivity index (χ0n) is 15.5. The van der Waals surface area contributed by atoms with Crippen LogP contribution in [0.1, 0.15) is 78.0 Å². The Morgan fingerprint density at radius 3 is 1.70 bits per heavy atom. The molecular weight excluding hydrogens is 304 g/mol. The van der Waals surface area contributed by atoms with E-state index in [1.165, 1.54) is 18.1 Å². The van der Waals surface area contributed by atoms with E-state index in [9.17, 15) is 9.59 Å². The summed E-state index contributed by atoms with van der Waals surface area (Å²) in [5.74, 6) is 0.194. The molecular formula is C20H30O2S. The molecule has 0 aromatic heterocycles. The van der Waals surface area contributed by atoms with Crippen LogP contribution in [0.15, 0.2) is 17.0 Å². The Morgan fingerprint density at radius 1 is 0.913 bits per heavy atom. The number of benzene rings is 1. The van der Waals surface area contributed by atoms with Crippen LogP contribution in [0.4, 0.5) is 0 Å². The summed E-state index contributed by atoms with van der Waals surface area (Å²) in [6.07, 6.45) is 1.05. The highest BCUT2D eigenvalue weighted by atomic mass is 32.1. The molecule has 0 amide bonds. The number of Topliss-reactive ketones (excluding diaryl/α,β-unsaturated/α-hetero) is 2. The molecule has 0 aliphatic heterocycles. The zero-order valence-corrected chi connectivity index (χ0v) is 16.4. The van der Waals surface area contributed by atoms with Crippen molar-refractivity contribution in [1.82, 2.24) is 0 Å². The topological polar surface area (TPSA) is 34.1 Å². The van der Waals surface area contributed by atoms with Gasteiger partial charge in [-0.05, 0) is 46.6 Å². The maximum absolute atomic E-state index is 12.4. The SMILES string of the molecule is CC(=O)CCC(=O)Cc1c(C(C)(C)C)cc(S)cc1C(C)(C)C. The van der Waals surface area contributed by atoms with E-state index in [-0.39, 0.29) is 22.4 Å². The van der Waals surface area contributed by atoms with Crippen LogP contribution in [-0.2, 0) is 26.8 Å². The lowest BCUT2D eigenvalue weighted by molar-refractivity contribution is -0.122. The second-order valence-electron chi connectivity index (χ2n) is 8.44. The summed E-state index contributed by atoms with van der Waals surface area (Å²) in [5.41, 5.74) is 3.33. The number of thiol groups is 1. The Kier molecular flexibility index (Phi) is 6.25. The molecule has 0 aliphatic rings. The Morgan fingerprint density at radius 2 is 1.35 bits per heavy atom. The summed E-state index contributed by atoms with van der Waals surface area (Å²) in [4.78, 5) is 24.5. The fraction of sp³-hybridized carbons (Fsp3) is 0.600. The van der Waals surface area contributed by atoms with Crippen LogP contribution in [-0.4, -0.2) is 11.6 Å². The first-order valence-corrected chi connectivity index (χ1v) is 8.65. The van der Waals surface area contributed by atoms with Crippen molar-refractivity contribution in [2.75, 3.05) is 0 Å². The molecule has 0 saturated carbocycles. The van der Waals surface area contributed by atoms with Crippen molar-refractivity contribution in [2.24, 2.45) is 0 Å². The first-order valence-electron chi connectivity index (χ1n) is 8.20. The molecule has 0 fully saturated rings. The van der Waals surface area contributed by atoms with E-state index >= 15 is 0 Å². The van der Waals surface area contributed by atoms with E-state index in [1.807, 2.05) is 0 Å². The smallest absolute Gasteiger partial charge is 0.137 e. The molecule has 0 radical (unpaired) electrons. The summed E-state index contributed by atoms with van der Waals surface area (Å²) < 4.78 is 0. The second kappa shape index (κ2) is 7.21. The minimum absolute atomic E-state index is 0.0606. The van der Waals surface area contributed by atoms with Gasteiger partial charge in [-0.1, -0.05) is 41.5 Å². The number of carbonyl (C=O) groups is 2. The molecule has 1 rings (SSSR count). The van der Waals surface area contributed by atoms with Gasteiger partial charge >= 0.3 is 0 Å². The average Bonchev–Trinajstić information content (AvgIpc) is 2.35. The number of ketones is 2. The average molecular weight is 335 g/mol. The summed E-state index contributed by atoms with van der Waals surface area (Å²) in [5, 5.41) is 0. The molecule has 0 N–H and O–H groups in total. The number of hydrogen-bond acceptors (Lipinski definition) is 3. The van der Waals surface area contributed by atoms with Gasteiger partial charge in [0.25, 0.3) is 0 Å². The van der Waals surface area contributed by atoms with E-state index in [0.717, 1.165) is 10.5 Å². The first kappa shape index (κ1) is 20.0. The Labute approximate surface area is 146 Å². The minimum Gasteiger partial charge on any atom is -0.300 e. The van der Waals surface area contributed by atoms with E-state index in [4.69, 9.17) is 0 Å². The summed E-state index contributed by atoms with van der Waals surface area (Å²) in [6, 6.07) is 4.15. The highest BCUT2D eigenvalue weighted by Gasteiger charge is 2.27. The lowest BCUT2D eigenvalue weighted by atomic mass is 9.75. The van der Waals surface area contributed by atoms with Gasteiger partial charge in [-0.25, -0.2) is 0 Å². The fourth-order valence-corrected chi connectivity index (χ4v) is 3.04. The van der Waals surface area contributed by atoms with Crippen LogP contribution < -0.4 is 0 Å². The molecule has 23 heavy (non-hydrogen) atoms. The van der Waals surface area contributed by atoms with Crippen molar-refractivity contribution in [3.8, 4) is 0 Å². The Balaban J connectivity index is 3.36. The van der Waals surface area contributed by atoms with Gasteiger partial charge in [-0.15, -0.1) is 12.6 Å². The van der Waals surface area contributed by atoms with Crippen molar-refractivity contribution >= 4 is 24.2 Å². The maximum Gasteiger partial charge on any atom is 0.137 e. The van der Waals surface area contributed by atoms with Gasteiger partial charge in [-0.3, -0.25) is 4.79 Å². The number of rotatable bonds is 5. The van der Waals surface area contributed by atoms with Crippen LogP contribution in [0, 0.1) is 0 Å². The first-order chi connectivity index (χ1) is 10.3. The molecule has 0 spiro atoms. The summed E-state index contributed by atoms with van der Waals surface area (Å²) in [6.45, 7) is 14.5. The predicted molar refractivity (Wildman–Crippen MR) is 99.7 cm³/mol. The van der Waals surface area contributed by atoms with Crippen molar-refractivity contribution in [2.45, 2.75) is 83.5 Å². The van der Waals surface area contributed by atoms with Gasteiger partial charge < -0.3 is 4.79 Å². The standard InChI is InChI=1S/C20H30O2S/c1-13(21)8-9-14(22)10-16-17(19(2,3)4)11-15(23)12-18(16)20(5,6)7/h11-12,23H,8-10H2,1-7H3. The van der Waals surface area contributed by atoms with Gasteiger partial charge in [0, 0.05) is 24.2 Å². The molecule has 0 bridgehead atoms. The lowest BCUT2D eigenvalue weighted by Crippen LogP contribution is -2.23. The number of carbonyl (C=O) groups excluding carboxylic acids is 2. The zero-order chi connectivity index (χ0) is 18.0. The van der Waals surface area contributed by atoms with Crippen molar-refractivity contribution in [3.05, 3.63) is 28.8 Å². The molecule has 0 aliphatic carbocycles. The van der Waals surface area contributed by atoms with Crippen LogP contribution in [0.3, 0.4) is 0 Å². The predicted octanol–water partition coefficient (Wildman–Crippen LogP) is 5.05. The Hall–Kier alpha value is -1.09. The van der Waals surface area contributed by atoms with Gasteiger partial charge in [-0.2, -0.15) is 0 Å². The van der Waals surface area contributed by atoms with Crippen LogP contribution in [0.5, 0.6) is 0 Å². The lowest BCUT2D eigenvalue weighted by Gasteiger charge is -2.30. The largest absolute Gasteiger partial charge is 0.300 e. The molecule has 0 unspecified atom stereocenters. The molecule has 1 aromatic carbocycles. The quantitative estimate of drug-likeness (QED) is 0.764. The normalized spacial score (nSPS) is 12.3. The van der Waals surface area contributed by atoms with Crippen molar-refractivity contribution in [1.29, 1.82) is 0 Å². The minimum atomic E-state index is -0.0606. The molecule has 0 saturated heterocycles. The number of hydrogen-bond donors (Lipinski definition) is 1. The molecule has 1 aromatic rings. The van der Waals surface area contributed by atoms with E-state index in [0.29, 0.717) is 19.3 Å². The van der Waals surface area contributed by atoms with E-state index in [2.05, 4.69) is 66.3 Å². The molecule has 128 valence electrons. The van der Waals surface area contributed by atoms with E-state index in [1.54, 1.807) is 0 Å². The van der Waals surface area contributed by atoms with Crippen LogP contribution in [0.2, 0.25) is 0 Å². The fourth-order valence-electron chi connectivity index (χ4n) is 2.79. The highest BCUT2D eigenvalue weighted by molar-refractivity contribution is 7.80. The third-order valence-corrected chi connectivity index (χ3v) is 4.24. The van der Waals surface area contributed by atoms with Crippen LogP contribution >= 0.6 is 12.6 Å². The molecule has 0 heterocycles. The van der Waals surface area contributed by atoms with Gasteiger partial charge in [0.15, 0.2) is 0 Å². The highest BCUT2D eigenvalue weighted by Crippen LogP contribution is 2.36. The van der Waals surface area contributed by atoms with Gasteiger partial charge in [0.05, 0.1) is 0 Å². The van der Waals surface area contributed by atoms with Gasteiger partial charge in [0.2, 0.25) is 0 Å². The van der Waals surface area contributed by atoms with E-state index < -0.39 is 0 Å².